The van der Waals surface area contributed by atoms with Crippen LogP contribution in [0, 0.1) is 18.6 Å². The van der Waals surface area contributed by atoms with Gasteiger partial charge in [0.25, 0.3) is 5.91 Å². The number of carbonyl (C=O) groups excluding carboxylic acids is 1. The summed E-state index contributed by atoms with van der Waals surface area (Å²) in [5.41, 5.74) is -1.90. The first-order valence-corrected chi connectivity index (χ1v) is 9.88. The molecule has 1 amide bonds. The van der Waals surface area contributed by atoms with Crippen LogP contribution in [-0.2, 0) is 0 Å². The van der Waals surface area contributed by atoms with Crippen LogP contribution in [0.1, 0.15) is 15.9 Å². The Morgan fingerprint density at radius 3 is 2.49 bits per heavy atom. The van der Waals surface area contributed by atoms with Gasteiger partial charge in [-0.2, -0.15) is 17.9 Å². The molecule has 0 unspecified atom stereocenters. The molecule has 4 rings (SSSR count). The van der Waals surface area contributed by atoms with Gasteiger partial charge in [0.2, 0.25) is 5.76 Å². The molecule has 0 spiro atoms. The molecule has 0 fully saturated rings. The molecule has 0 radical (unpaired) electrons. The summed E-state index contributed by atoms with van der Waals surface area (Å²) >= 11 is 0. The first kappa shape index (κ1) is 23.7. The molecule has 35 heavy (non-hydrogen) atoms. The van der Waals surface area contributed by atoms with Crippen molar-refractivity contribution in [2.75, 3.05) is 5.32 Å². The summed E-state index contributed by atoms with van der Waals surface area (Å²) in [6.07, 6.45) is -3.65. The van der Waals surface area contributed by atoms with Crippen LogP contribution < -0.4 is 15.7 Å². The van der Waals surface area contributed by atoms with Crippen molar-refractivity contribution in [3.05, 3.63) is 100 Å². The fourth-order valence-corrected chi connectivity index (χ4v) is 3.21. The zero-order chi connectivity index (χ0) is 25.5. The number of hydrogen-bond acceptors (Lipinski definition) is 4. The number of para-hydroxylation sites is 1. The molecule has 4 aromatic rings. The van der Waals surface area contributed by atoms with Crippen LogP contribution >= 0.6 is 0 Å². The third kappa shape index (κ3) is 4.50. The average molecular weight is 490 g/mol. The number of carbonyl (C=O) groups is 1. The number of fused-ring (bicyclic) bond motifs is 1. The molecule has 2 aromatic heterocycles. The summed E-state index contributed by atoms with van der Waals surface area (Å²) in [5, 5.41) is 6.16. The Bertz CT molecular complexity index is 1520. The number of allylic oxidation sites excluding steroid dienone is 1. The van der Waals surface area contributed by atoms with Crippen molar-refractivity contribution >= 4 is 17.2 Å². The van der Waals surface area contributed by atoms with E-state index in [1.54, 1.807) is 6.07 Å². The van der Waals surface area contributed by atoms with E-state index in [0.29, 0.717) is 22.4 Å². The Balaban J connectivity index is 1.85. The van der Waals surface area contributed by atoms with Crippen LogP contribution in [0.15, 0.2) is 71.9 Å². The molecule has 180 valence electrons. The number of amides is 1. The van der Waals surface area contributed by atoms with Crippen LogP contribution in [0.2, 0.25) is 0 Å². The quantitative estimate of drug-likeness (QED) is 0.323. The van der Waals surface area contributed by atoms with E-state index in [-0.39, 0.29) is 11.3 Å². The van der Waals surface area contributed by atoms with E-state index in [4.69, 9.17) is 4.74 Å². The lowest BCUT2D eigenvalue weighted by atomic mass is 10.1. The van der Waals surface area contributed by atoms with Crippen molar-refractivity contribution in [2.24, 2.45) is 0 Å². The van der Waals surface area contributed by atoms with E-state index >= 15 is 4.39 Å². The molecule has 0 aliphatic heterocycles. The Morgan fingerprint density at radius 1 is 1.09 bits per heavy atom. The smallest absolute Gasteiger partial charge is 0.448 e. The number of ether oxygens (including phenoxy) is 1. The maximum absolute atomic E-state index is 15.1. The van der Waals surface area contributed by atoms with Crippen molar-refractivity contribution in [3.63, 3.8) is 0 Å². The van der Waals surface area contributed by atoms with Crippen LogP contribution in [0.5, 0.6) is 5.75 Å². The highest BCUT2D eigenvalue weighted by Gasteiger charge is 2.36. The van der Waals surface area contributed by atoms with Crippen molar-refractivity contribution in [2.45, 2.75) is 13.1 Å². The summed E-state index contributed by atoms with van der Waals surface area (Å²) in [6.45, 7) is 4.28. The van der Waals surface area contributed by atoms with Crippen LogP contribution in [0.25, 0.3) is 11.3 Å². The molecule has 0 aliphatic carbocycles. The van der Waals surface area contributed by atoms with Crippen molar-refractivity contribution in [1.29, 1.82) is 0 Å². The number of anilines is 1. The number of pyridine rings is 1. The molecule has 0 atom stereocenters. The number of nitrogens with zero attached hydrogens (tertiary/aromatic N) is 3. The van der Waals surface area contributed by atoms with Crippen molar-refractivity contribution in [3.8, 4) is 11.4 Å². The first-order valence-electron chi connectivity index (χ1n) is 9.88. The van der Waals surface area contributed by atoms with Gasteiger partial charge in [0.05, 0.1) is 11.3 Å². The summed E-state index contributed by atoms with van der Waals surface area (Å²) in [7, 11) is 0. The topological polar surface area (TPSA) is 77.6 Å². The molecule has 0 saturated heterocycles. The molecular weight excluding hydrogens is 475 g/mol. The van der Waals surface area contributed by atoms with Crippen LogP contribution in [-0.4, -0.2) is 26.3 Å². The zero-order valence-electron chi connectivity index (χ0n) is 17.9. The maximum Gasteiger partial charge on any atom is 0.448 e. The molecule has 12 heteroatoms. The van der Waals surface area contributed by atoms with Gasteiger partial charge in [-0.25, -0.2) is 18.0 Å². The number of alkyl halides is 3. The van der Waals surface area contributed by atoms with Gasteiger partial charge in [0.15, 0.2) is 5.65 Å². The minimum atomic E-state index is -5.01. The number of rotatable bonds is 5. The molecule has 0 bridgehead atoms. The van der Waals surface area contributed by atoms with Crippen molar-refractivity contribution < 1.29 is 31.5 Å². The van der Waals surface area contributed by atoms with Gasteiger partial charge in [0, 0.05) is 12.3 Å². The second-order valence-electron chi connectivity index (χ2n) is 7.33. The van der Waals surface area contributed by atoms with Crippen LogP contribution in [0.3, 0.4) is 0 Å². The number of aryl methyl sites for hydroxylation is 1. The van der Waals surface area contributed by atoms with Gasteiger partial charge in [0.1, 0.15) is 23.1 Å². The predicted molar refractivity (Wildman–Crippen MR) is 116 cm³/mol. The normalized spacial score (nSPS) is 11.5. The molecular formula is C23H15F5N4O3. The summed E-state index contributed by atoms with van der Waals surface area (Å²) in [4.78, 5) is 25.5. The third-order valence-corrected chi connectivity index (χ3v) is 4.96. The molecule has 0 saturated carbocycles. The Morgan fingerprint density at radius 2 is 1.83 bits per heavy atom. The molecule has 2 heterocycles. The highest BCUT2D eigenvalue weighted by Crippen LogP contribution is 2.32. The number of nitrogens with one attached hydrogen (secondary N) is 1. The SMILES string of the molecule is C=C(Oc1cc(-n2nc3ccccn3c2=O)c(F)cc1C(=O)Nc1c(C)cccc1F)C(F)(F)F. The van der Waals surface area contributed by atoms with E-state index in [1.807, 2.05) is 0 Å². The van der Waals surface area contributed by atoms with Crippen LogP contribution in [0.4, 0.5) is 27.6 Å². The standard InChI is InChI=1S/C23H15F5N4O3/c1-12-6-5-7-15(24)20(12)29-21(33)14-10-16(25)17(11-18(14)35-13(2)23(26,27)28)32-22(34)31-9-4-3-8-19(31)30-32/h3-11H,2H2,1H3,(H,29,33). The van der Waals surface area contributed by atoms with Gasteiger partial charge >= 0.3 is 11.9 Å². The third-order valence-electron chi connectivity index (χ3n) is 4.96. The van der Waals surface area contributed by atoms with Crippen molar-refractivity contribution in [1.82, 2.24) is 14.2 Å². The second-order valence-corrected chi connectivity index (χ2v) is 7.33. The van der Waals surface area contributed by atoms with E-state index in [0.717, 1.165) is 10.5 Å². The zero-order valence-corrected chi connectivity index (χ0v) is 17.9. The average Bonchev–Trinajstić information content (AvgIpc) is 3.13. The molecule has 7 nitrogen and oxygen atoms in total. The summed E-state index contributed by atoms with van der Waals surface area (Å²) in [6, 6.07) is 9.77. The second kappa shape index (κ2) is 8.70. The van der Waals surface area contributed by atoms with Gasteiger partial charge in [-0.15, -0.1) is 5.10 Å². The summed E-state index contributed by atoms with van der Waals surface area (Å²) < 4.78 is 75.0. The Hall–Kier alpha value is -4.48. The van der Waals surface area contributed by atoms with E-state index in [9.17, 15) is 27.2 Å². The largest absolute Gasteiger partial charge is 0.452 e. The number of hydrogen-bond donors (Lipinski definition) is 1. The highest BCUT2D eigenvalue weighted by molar-refractivity contribution is 6.06. The predicted octanol–water partition coefficient (Wildman–Crippen LogP) is 4.78. The number of halogens is 5. The van der Waals surface area contributed by atoms with Gasteiger partial charge < -0.3 is 10.1 Å². The minimum Gasteiger partial charge on any atom is -0.452 e. The lowest BCUT2D eigenvalue weighted by Gasteiger charge is -2.17. The van der Waals surface area contributed by atoms with E-state index in [1.165, 1.54) is 37.4 Å². The minimum absolute atomic E-state index is 0.135. The van der Waals surface area contributed by atoms with Gasteiger partial charge in [-0.3, -0.25) is 4.79 Å². The van der Waals surface area contributed by atoms with Gasteiger partial charge in [-0.1, -0.05) is 24.8 Å². The first-order chi connectivity index (χ1) is 16.5. The number of benzene rings is 2. The number of aromatic nitrogens is 3. The maximum atomic E-state index is 15.1. The molecule has 0 aliphatic rings. The lowest BCUT2D eigenvalue weighted by Crippen LogP contribution is -2.22. The summed E-state index contributed by atoms with van der Waals surface area (Å²) in [5.74, 6) is -5.62. The Kier molecular flexibility index (Phi) is 5.89. The fraction of sp³-hybridized carbons (Fsp3) is 0.0870. The molecule has 2 aromatic carbocycles. The highest BCUT2D eigenvalue weighted by atomic mass is 19.4. The molecule has 1 N–H and O–H groups in total. The van der Waals surface area contributed by atoms with Gasteiger partial charge in [-0.05, 0) is 36.8 Å². The Labute approximate surface area is 193 Å². The fourth-order valence-electron chi connectivity index (χ4n) is 3.21. The van der Waals surface area contributed by atoms with E-state index < -0.39 is 52.2 Å². The van der Waals surface area contributed by atoms with E-state index in [2.05, 4.69) is 17.0 Å². The monoisotopic (exact) mass is 490 g/mol. The lowest BCUT2D eigenvalue weighted by molar-refractivity contribution is -0.115.